The van der Waals surface area contributed by atoms with Gasteiger partial charge in [-0.05, 0) is 51.3 Å². The van der Waals surface area contributed by atoms with Crippen molar-refractivity contribution in [1.82, 2.24) is 10.3 Å². The molecule has 1 aliphatic rings. The largest absolute Gasteiger partial charge is 0.451 e. The Hall–Kier alpha value is -4.21. The highest BCUT2D eigenvalue weighted by Crippen LogP contribution is 2.24. The van der Waals surface area contributed by atoms with Crippen LogP contribution in [0.4, 0.5) is 11.4 Å². The second-order valence-electron chi connectivity index (χ2n) is 8.09. The van der Waals surface area contributed by atoms with Crippen LogP contribution in [0, 0.1) is 17.0 Å². The van der Waals surface area contributed by atoms with Crippen molar-refractivity contribution in [2.24, 2.45) is 10.2 Å². The molecule has 1 aromatic heterocycles. The number of fused-ring (bicyclic) bond motifs is 1. The second kappa shape index (κ2) is 10.2. The van der Waals surface area contributed by atoms with Gasteiger partial charge in [-0.3, -0.25) is 20.3 Å². The summed E-state index contributed by atoms with van der Waals surface area (Å²) >= 11 is 0. The molecule has 0 spiro atoms. The van der Waals surface area contributed by atoms with Crippen molar-refractivity contribution in [3.63, 3.8) is 0 Å². The Labute approximate surface area is 196 Å². The Bertz CT molecular complexity index is 1260. The van der Waals surface area contributed by atoms with Crippen LogP contribution in [-0.4, -0.2) is 40.4 Å². The van der Waals surface area contributed by atoms with Gasteiger partial charge in [-0.25, -0.2) is 5.43 Å². The molecule has 3 aromatic rings. The minimum Gasteiger partial charge on any atom is -0.451 e. The van der Waals surface area contributed by atoms with Gasteiger partial charge < -0.3 is 9.32 Å². The number of non-ortho nitro benzene ring substituents is 1. The van der Waals surface area contributed by atoms with E-state index >= 15 is 0 Å². The number of anilines is 1. The Kier molecular flexibility index (Phi) is 6.86. The predicted octanol–water partition coefficient (Wildman–Crippen LogP) is 4.67. The van der Waals surface area contributed by atoms with Crippen molar-refractivity contribution in [3.8, 4) is 0 Å². The summed E-state index contributed by atoms with van der Waals surface area (Å²) in [6.45, 7) is 5.26. The van der Waals surface area contributed by atoms with Crippen LogP contribution in [0.1, 0.15) is 42.3 Å². The van der Waals surface area contributed by atoms with Crippen LogP contribution in [0.25, 0.3) is 11.0 Å². The number of amides is 1. The van der Waals surface area contributed by atoms with E-state index in [0.717, 1.165) is 43.3 Å². The van der Waals surface area contributed by atoms with Crippen LogP contribution >= 0.6 is 0 Å². The van der Waals surface area contributed by atoms with Crippen molar-refractivity contribution >= 4 is 39.8 Å². The number of nitrogens with one attached hydrogen (secondary N) is 2. The fraction of sp³-hybridized carbons (Fsp3) is 0.292. The molecular formula is C24H26N6O4. The number of benzene rings is 2. The van der Waals surface area contributed by atoms with E-state index in [1.165, 1.54) is 12.1 Å². The molecule has 34 heavy (non-hydrogen) atoms. The van der Waals surface area contributed by atoms with Crippen LogP contribution in [0.15, 0.2) is 63.2 Å². The van der Waals surface area contributed by atoms with Crippen LogP contribution in [-0.2, 0) is 0 Å². The lowest BCUT2D eigenvalue weighted by Crippen LogP contribution is -2.40. The summed E-state index contributed by atoms with van der Waals surface area (Å²) < 4.78 is 5.72. The number of amidine groups is 1. The van der Waals surface area contributed by atoms with Gasteiger partial charge in [-0.15, -0.1) is 0 Å². The number of likely N-dealkylation sites (tertiary alicyclic amines) is 1. The molecule has 2 N–H and O–H groups in total. The minimum absolute atomic E-state index is 0.00659. The van der Waals surface area contributed by atoms with Gasteiger partial charge in [0.05, 0.1) is 10.6 Å². The van der Waals surface area contributed by atoms with Gasteiger partial charge in [0.25, 0.3) is 5.69 Å². The molecule has 0 unspecified atom stereocenters. The Balaban J connectivity index is 1.53. The van der Waals surface area contributed by atoms with Crippen LogP contribution in [0.2, 0.25) is 0 Å². The first kappa shape index (κ1) is 23.0. The number of nitro benzene ring substituents is 1. The SMILES string of the molecule is CC(=N\NC(=O)c1oc2ccccc2c1C)/C(=N\Nc1ccc([N+](=O)[O-])cc1)N1CCCCC1. The molecule has 1 amide bonds. The molecule has 1 fully saturated rings. The quantitative estimate of drug-likeness (QED) is 0.237. The molecule has 0 saturated carbocycles. The lowest BCUT2D eigenvalue weighted by molar-refractivity contribution is -0.384. The smallest absolute Gasteiger partial charge is 0.307 e. The summed E-state index contributed by atoms with van der Waals surface area (Å²) in [6, 6.07) is 13.5. The number of nitrogens with zero attached hydrogens (tertiary/aromatic N) is 4. The minimum atomic E-state index is -0.449. The lowest BCUT2D eigenvalue weighted by Gasteiger charge is -2.29. The highest BCUT2D eigenvalue weighted by atomic mass is 16.6. The van der Waals surface area contributed by atoms with Crippen LogP contribution < -0.4 is 10.9 Å². The third-order valence-corrected chi connectivity index (χ3v) is 5.72. The maximum atomic E-state index is 12.8. The number of furan rings is 1. The van der Waals surface area contributed by atoms with Gasteiger partial charge in [0, 0.05) is 36.2 Å². The number of piperidine rings is 1. The number of hydrogen-bond acceptors (Lipinski definition) is 7. The summed E-state index contributed by atoms with van der Waals surface area (Å²) in [6.07, 6.45) is 3.22. The molecule has 4 rings (SSSR count). The van der Waals surface area contributed by atoms with E-state index in [2.05, 4.69) is 26.0 Å². The zero-order chi connectivity index (χ0) is 24.1. The normalized spacial score (nSPS) is 14.8. The highest BCUT2D eigenvalue weighted by molar-refractivity contribution is 6.40. The Morgan fingerprint density at radius 3 is 2.44 bits per heavy atom. The fourth-order valence-electron chi connectivity index (χ4n) is 3.89. The molecule has 2 heterocycles. The van der Waals surface area contributed by atoms with E-state index in [1.807, 2.05) is 31.2 Å². The van der Waals surface area contributed by atoms with E-state index in [-0.39, 0.29) is 11.4 Å². The topological polar surface area (TPSA) is 125 Å². The summed E-state index contributed by atoms with van der Waals surface area (Å²) in [5.41, 5.74) is 8.07. The number of carbonyl (C=O) groups is 1. The van der Waals surface area contributed by atoms with Crippen molar-refractivity contribution in [2.75, 3.05) is 18.5 Å². The van der Waals surface area contributed by atoms with E-state index < -0.39 is 10.8 Å². The maximum absolute atomic E-state index is 12.8. The molecule has 10 heteroatoms. The van der Waals surface area contributed by atoms with Gasteiger partial charge >= 0.3 is 5.91 Å². The molecule has 0 radical (unpaired) electrons. The molecule has 1 aliphatic heterocycles. The first-order valence-corrected chi connectivity index (χ1v) is 11.1. The molecule has 0 aliphatic carbocycles. The summed E-state index contributed by atoms with van der Waals surface area (Å²) in [7, 11) is 0. The van der Waals surface area contributed by atoms with Gasteiger partial charge in [0.15, 0.2) is 11.6 Å². The first-order chi connectivity index (χ1) is 16.4. The molecule has 176 valence electrons. The van der Waals surface area contributed by atoms with E-state index in [9.17, 15) is 14.9 Å². The molecule has 1 saturated heterocycles. The third kappa shape index (κ3) is 5.06. The van der Waals surface area contributed by atoms with E-state index in [0.29, 0.717) is 22.8 Å². The van der Waals surface area contributed by atoms with E-state index in [1.54, 1.807) is 19.1 Å². The first-order valence-electron chi connectivity index (χ1n) is 11.1. The maximum Gasteiger partial charge on any atom is 0.307 e. The number of hydrazone groups is 2. The monoisotopic (exact) mass is 462 g/mol. The zero-order valence-electron chi connectivity index (χ0n) is 19.1. The lowest BCUT2D eigenvalue weighted by atomic mass is 10.1. The number of rotatable bonds is 6. The number of nitro groups is 1. The average molecular weight is 463 g/mol. The van der Waals surface area contributed by atoms with Crippen LogP contribution in [0.5, 0.6) is 0 Å². The highest BCUT2D eigenvalue weighted by Gasteiger charge is 2.20. The summed E-state index contributed by atoms with van der Waals surface area (Å²) in [5.74, 6) is 0.382. The van der Waals surface area contributed by atoms with Gasteiger partial charge in [0.1, 0.15) is 11.3 Å². The predicted molar refractivity (Wildman–Crippen MR) is 131 cm³/mol. The molecule has 0 bridgehead atoms. The Morgan fingerprint density at radius 2 is 1.76 bits per heavy atom. The van der Waals surface area contributed by atoms with Crippen molar-refractivity contribution < 1.29 is 14.1 Å². The second-order valence-corrected chi connectivity index (χ2v) is 8.09. The number of hydrogen-bond donors (Lipinski definition) is 2. The van der Waals surface area contributed by atoms with Gasteiger partial charge in [-0.1, -0.05) is 18.2 Å². The molecule has 2 aromatic carbocycles. The van der Waals surface area contributed by atoms with Crippen molar-refractivity contribution in [1.29, 1.82) is 0 Å². The zero-order valence-corrected chi connectivity index (χ0v) is 19.1. The van der Waals surface area contributed by atoms with Gasteiger partial charge in [0.2, 0.25) is 0 Å². The fourth-order valence-corrected chi connectivity index (χ4v) is 3.89. The summed E-state index contributed by atoms with van der Waals surface area (Å²) in [4.78, 5) is 25.3. The molecular weight excluding hydrogens is 436 g/mol. The average Bonchev–Trinajstić information content (AvgIpc) is 3.20. The number of carbonyl (C=O) groups excluding carboxylic acids is 1. The standard InChI is InChI=1S/C24H26N6O4/c1-16-20-8-4-5-9-21(20)34-22(16)24(31)28-25-17(2)23(29-14-6-3-7-15-29)27-26-18-10-12-19(13-11-18)30(32)33/h4-5,8-13,26H,3,6-7,14-15H2,1-2H3,(H,28,31)/b25-17+,27-23+. The number of para-hydroxylation sites is 1. The third-order valence-electron chi connectivity index (χ3n) is 5.72. The molecule has 0 atom stereocenters. The number of aryl methyl sites for hydroxylation is 1. The van der Waals surface area contributed by atoms with Crippen molar-refractivity contribution in [2.45, 2.75) is 33.1 Å². The molecule has 10 nitrogen and oxygen atoms in total. The Morgan fingerprint density at radius 1 is 1.06 bits per heavy atom. The van der Waals surface area contributed by atoms with Crippen LogP contribution in [0.3, 0.4) is 0 Å². The van der Waals surface area contributed by atoms with E-state index in [4.69, 9.17) is 4.42 Å². The van der Waals surface area contributed by atoms with Gasteiger partial charge in [-0.2, -0.15) is 10.2 Å². The van der Waals surface area contributed by atoms with Crippen molar-refractivity contribution in [3.05, 3.63) is 70.0 Å². The summed E-state index contributed by atoms with van der Waals surface area (Å²) in [5, 5.41) is 20.6.